The largest absolute Gasteiger partial charge is 0.372 e. The third-order valence-corrected chi connectivity index (χ3v) is 5.61. The van der Waals surface area contributed by atoms with Gasteiger partial charge in [0.15, 0.2) is 0 Å². The first kappa shape index (κ1) is 19.6. The van der Waals surface area contributed by atoms with Crippen LogP contribution in [0, 0.1) is 0 Å². The summed E-state index contributed by atoms with van der Waals surface area (Å²) in [5, 5.41) is 0.387. The predicted molar refractivity (Wildman–Crippen MR) is 107 cm³/mol. The summed E-state index contributed by atoms with van der Waals surface area (Å²) in [6.45, 7) is 1.27. The molecule has 0 aliphatic rings. The zero-order chi connectivity index (χ0) is 19.1. The van der Waals surface area contributed by atoms with E-state index in [2.05, 4.69) is 4.72 Å². The maximum Gasteiger partial charge on any atom is 0.240 e. The van der Waals surface area contributed by atoms with Crippen LogP contribution >= 0.6 is 11.6 Å². The molecule has 3 aromatic carbocycles. The number of sulfonamides is 1. The van der Waals surface area contributed by atoms with Crippen molar-refractivity contribution in [2.45, 2.75) is 24.7 Å². The summed E-state index contributed by atoms with van der Waals surface area (Å²) in [5.41, 5.74) is 3.03. The van der Waals surface area contributed by atoms with E-state index in [9.17, 15) is 8.42 Å². The van der Waals surface area contributed by atoms with Gasteiger partial charge in [-0.25, -0.2) is 13.1 Å². The van der Waals surface area contributed by atoms with Crippen LogP contribution in [0.2, 0.25) is 5.02 Å². The topological polar surface area (TPSA) is 55.4 Å². The number of hydrogen-bond donors (Lipinski definition) is 1. The molecule has 6 heteroatoms. The molecule has 4 nitrogen and oxygen atoms in total. The third-order valence-electron chi connectivity index (χ3n) is 3.98. The lowest BCUT2D eigenvalue weighted by atomic mass is 10.1. The molecule has 0 aliphatic heterocycles. The van der Waals surface area contributed by atoms with E-state index in [0.29, 0.717) is 18.2 Å². The van der Waals surface area contributed by atoms with Crippen molar-refractivity contribution in [1.29, 1.82) is 0 Å². The molecule has 0 fully saturated rings. The van der Waals surface area contributed by atoms with Gasteiger partial charge < -0.3 is 4.74 Å². The van der Waals surface area contributed by atoms with Crippen LogP contribution in [0.1, 0.15) is 16.7 Å². The van der Waals surface area contributed by atoms with Crippen LogP contribution in [0.3, 0.4) is 0 Å². The summed E-state index contributed by atoms with van der Waals surface area (Å²) in [6, 6.07) is 23.8. The van der Waals surface area contributed by atoms with Gasteiger partial charge in [-0.2, -0.15) is 0 Å². The quantitative estimate of drug-likeness (QED) is 0.603. The van der Waals surface area contributed by atoms with Gasteiger partial charge in [0.25, 0.3) is 0 Å². The number of halogens is 1. The van der Waals surface area contributed by atoms with Crippen molar-refractivity contribution in [3.05, 3.63) is 101 Å². The van der Waals surface area contributed by atoms with Gasteiger partial charge in [0.1, 0.15) is 0 Å². The summed E-state index contributed by atoms with van der Waals surface area (Å²) in [6.07, 6.45) is 0. The lowest BCUT2D eigenvalue weighted by Crippen LogP contribution is -2.23. The summed E-state index contributed by atoms with van der Waals surface area (Å²) >= 11 is 5.86. The lowest BCUT2D eigenvalue weighted by Gasteiger charge is -2.08. The van der Waals surface area contributed by atoms with Gasteiger partial charge in [0, 0.05) is 11.6 Å². The Morgan fingerprint density at radius 1 is 0.778 bits per heavy atom. The van der Waals surface area contributed by atoms with Gasteiger partial charge >= 0.3 is 0 Å². The van der Waals surface area contributed by atoms with E-state index in [1.807, 2.05) is 54.6 Å². The Bertz CT molecular complexity index is 974. The third kappa shape index (κ3) is 5.91. The van der Waals surface area contributed by atoms with Crippen LogP contribution in [0.15, 0.2) is 83.8 Å². The molecule has 0 spiro atoms. The zero-order valence-corrected chi connectivity index (χ0v) is 16.2. The smallest absolute Gasteiger partial charge is 0.240 e. The second kappa shape index (κ2) is 9.15. The predicted octanol–water partition coefficient (Wildman–Crippen LogP) is 4.54. The van der Waals surface area contributed by atoms with Crippen molar-refractivity contribution in [3.63, 3.8) is 0 Å². The van der Waals surface area contributed by atoms with Crippen molar-refractivity contribution < 1.29 is 13.2 Å². The Labute approximate surface area is 164 Å². The highest BCUT2D eigenvalue weighted by Gasteiger charge is 2.13. The molecule has 1 N–H and O–H groups in total. The summed E-state index contributed by atoms with van der Waals surface area (Å²) < 4.78 is 32.9. The van der Waals surface area contributed by atoms with Crippen LogP contribution in [-0.2, 0) is 34.5 Å². The van der Waals surface area contributed by atoms with Crippen molar-refractivity contribution in [2.24, 2.45) is 0 Å². The molecule has 0 unspecified atom stereocenters. The fraction of sp³-hybridized carbons (Fsp3) is 0.143. The molecular weight excluding hydrogens is 382 g/mol. The molecule has 3 aromatic rings. The Morgan fingerprint density at radius 3 is 2.07 bits per heavy atom. The fourth-order valence-corrected chi connectivity index (χ4v) is 3.83. The first-order valence-corrected chi connectivity index (χ1v) is 10.3. The SMILES string of the molecule is O=S(=O)(NCc1ccc(COCc2ccccc2)cc1)c1cccc(Cl)c1. The lowest BCUT2D eigenvalue weighted by molar-refractivity contribution is 0.107. The molecule has 0 amide bonds. The number of benzene rings is 3. The molecule has 0 atom stereocenters. The molecule has 0 aliphatic carbocycles. The standard InChI is InChI=1S/C21H20ClNO3S/c22-20-7-4-8-21(13-20)27(24,25)23-14-17-9-11-19(12-10-17)16-26-15-18-5-2-1-3-6-18/h1-13,23H,14-16H2. The number of rotatable bonds is 8. The molecule has 3 rings (SSSR count). The Kier molecular flexibility index (Phi) is 6.63. The van der Waals surface area contributed by atoms with Crippen LogP contribution < -0.4 is 4.72 Å². The van der Waals surface area contributed by atoms with Crippen LogP contribution in [-0.4, -0.2) is 8.42 Å². The van der Waals surface area contributed by atoms with E-state index in [1.165, 1.54) is 12.1 Å². The van der Waals surface area contributed by atoms with Crippen molar-refractivity contribution in [1.82, 2.24) is 4.72 Å². The van der Waals surface area contributed by atoms with Crippen molar-refractivity contribution in [3.8, 4) is 0 Å². The summed E-state index contributed by atoms with van der Waals surface area (Å²) in [7, 11) is -3.60. The molecule has 0 aromatic heterocycles. The molecule has 0 bridgehead atoms. The fourth-order valence-electron chi connectivity index (χ4n) is 2.51. The highest BCUT2D eigenvalue weighted by Crippen LogP contribution is 2.16. The van der Waals surface area contributed by atoms with Crippen LogP contribution in [0.25, 0.3) is 0 Å². The van der Waals surface area contributed by atoms with E-state index in [4.69, 9.17) is 16.3 Å². The van der Waals surface area contributed by atoms with E-state index in [0.717, 1.165) is 16.7 Å². The molecule has 0 heterocycles. The van der Waals surface area contributed by atoms with E-state index in [1.54, 1.807) is 12.1 Å². The Morgan fingerprint density at radius 2 is 1.41 bits per heavy atom. The monoisotopic (exact) mass is 401 g/mol. The van der Waals surface area contributed by atoms with Gasteiger partial charge in [-0.3, -0.25) is 0 Å². The minimum absolute atomic E-state index is 0.154. The van der Waals surface area contributed by atoms with Gasteiger partial charge in [0.05, 0.1) is 18.1 Å². The number of ether oxygens (including phenoxy) is 1. The number of hydrogen-bond acceptors (Lipinski definition) is 3. The average molecular weight is 402 g/mol. The van der Waals surface area contributed by atoms with Crippen LogP contribution in [0.4, 0.5) is 0 Å². The summed E-state index contributed by atoms with van der Waals surface area (Å²) in [5.74, 6) is 0. The van der Waals surface area contributed by atoms with E-state index in [-0.39, 0.29) is 11.4 Å². The van der Waals surface area contributed by atoms with Crippen molar-refractivity contribution in [2.75, 3.05) is 0 Å². The molecule has 27 heavy (non-hydrogen) atoms. The molecule has 0 saturated heterocycles. The Balaban J connectivity index is 1.51. The Hall–Kier alpha value is -2.18. The first-order chi connectivity index (χ1) is 13.0. The molecule has 0 saturated carbocycles. The minimum Gasteiger partial charge on any atom is -0.372 e. The second-order valence-electron chi connectivity index (χ2n) is 6.08. The van der Waals surface area contributed by atoms with Crippen LogP contribution in [0.5, 0.6) is 0 Å². The maximum absolute atomic E-state index is 12.3. The number of nitrogens with one attached hydrogen (secondary N) is 1. The minimum atomic E-state index is -3.60. The highest BCUT2D eigenvalue weighted by atomic mass is 35.5. The normalized spacial score (nSPS) is 11.4. The molecule has 0 radical (unpaired) electrons. The first-order valence-electron chi connectivity index (χ1n) is 8.48. The van der Waals surface area contributed by atoms with Crippen molar-refractivity contribution >= 4 is 21.6 Å². The molecular formula is C21H20ClNO3S. The van der Waals surface area contributed by atoms with Gasteiger partial charge in [0.2, 0.25) is 10.0 Å². The van der Waals surface area contributed by atoms with E-state index < -0.39 is 10.0 Å². The zero-order valence-electron chi connectivity index (χ0n) is 14.6. The van der Waals surface area contributed by atoms with Gasteiger partial charge in [-0.15, -0.1) is 0 Å². The van der Waals surface area contributed by atoms with Gasteiger partial charge in [-0.05, 0) is 34.9 Å². The summed E-state index contributed by atoms with van der Waals surface area (Å²) in [4.78, 5) is 0.154. The van der Waals surface area contributed by atoms with Gasteiger partial charge in [-0.1, -0.05) is 72.3 Å². The maximum atomic E-state index is 12.3. The van der Waals surface area contributed by atoms with E-state index >= 15 is 0 Å². The molecule has 140 valence electrons. The average Bonchev–Trinajstić information content (AvgIpc) is 2.68. The highest BCUT2D eigenvalue weighted by molar-refractivity contribution is 7.89. The second-order valence-corrected chi connectivity index (χ2v) is 8.28.